The topological polar surface area (TPSA) is 138 Å². The second kappa shape index (κ2) is 10.6. The first-order valence-electron chi connectivity index (χ1n) is 10.2. The number of nitrogens with zero attached hydrogens (tertiary/aromatic N) is 1. The molecular formula is C22H25N3O8. The summed E-state index contributed by atoms with van der Waals surface area (Å²) in [5.41, 5.74) is -0.508. The Kier molecular flexibility index (Phi) is 7.67. The normalized spacial score (nSPS) is 14.9. The van der Waals surface area contributed by atoms with Crippen LogP contribution in [0.15, 0.2) is 30.3 Å². The molecule has 2 aromatic rings. The second-order valence-electron chi connectivity index (χ2n) is 7.14. The van der Waals surface area contributed by atoms with E-state index in [1.54, 1.807) is 18.2 Å². The van der Waals surface area contributed by atoms with Crippen molar-refractivity contribution in [2.24, 2.45) is 0 Å². The molecule has 1 heterocycles. The molecule has 11 nitrogen and oxygen atoms in total. The van der Waals surface area contributed by atoms with Crippen molar-refractivity contribution >= 4 is 23.2 Å². The minimum absolute atomic E-state index is 0.0165. The first-order chi connectivity index (χ1) is 15.9. The zero-order chi connectivity index (χ0) is 24.0. The van der Waals surface area contributed by atoms with Gasteiger partial charge in [-0.3, -0.25) is 19.7 Å². The van der Waals surface area contributed by atoms with Gasteiger partial charge in [0.1, 0.15) is 5.56 Å². The average Bonchev–Trinajstić information content (AvgIpc) is 3.34. The molecule has 0 spiro atoms. The maximum Gasteiger partial charge on any atom is 0.327 e. The molecule has 1 saturated heterocycles. The summed E-state index contributed by atoms with van der Waals surface area (Å²) >= 11 is 0. The molecule has 0 bridgehead atoms. The Hall–Kier alpha value is -3.86. The predicted octanol–water partition coefficient (Wildman–Crippen LogP) is 2.78. The van der Waals surface area contributed by atoms with Gasteiger partial charge in [0.15, 0.2) is 5.75 Å². The molecule has 2 aromatic carbocycles. The smallest absolute Gasteiger partial charge is 0.327 e. The quantitative estimate of drug-likeness (QED) is 0.431. The Bertz CT molecular complexity index is 1050. The Morgan fingerprint density at radius 2 is 1.82 bits per heavy atom. The average molecular weight is 459 g/mol. The standard InChI is InChI=1S/C22H25N3O8/c1-30-17-11-15(18(25(28)29)20(32-3)19(17)31-2)22(27)24-16-9-5-4-8-14(16)21(26)23-12-13-7-6-10-33-13/h4-5,8-9,11,13H,6-7,10,12H2,1-3H3,(H,23,26)(H,24,27). The zero-order valence-corrected chi connectivity index (χ0v) is 18.5. The number of methoxy groups -OCH3 is 3. The van der Waals surface area contributed by atoms with Crippen LogP contribution in [0.2, 0.25) is 0 Å². The summed E-state index contributed by atoms with van der Waals surface area (Å²) in [5, 5.41) is 17.2. The third-order valence-corrected chi connectivity index (χ3v) is 5.17. The van der Waals surface area contributed by atoms with E-state index < -0.39 is 22.4 Å². The molecule has 11 heteroatoms. The van der Waals surface area contributed by atoms with Gasteiger partial charge in [-0.05, 0) is 25.0 Å². The predicted molar refractivity (Wildman–Crippen MR) is 118 cm³/mol. The Morgan fingerprint density at radius 3 is 2.42 bits per heavy atom. The van der Waals surface area contributed by atoms with E-state index in [4.69, 9.17) is 18.9 Å². The van der Waals surface area contributed by atoms with Gasteiger partial charge < -0.3 is 29.6 Å². The zero-order valence-electron chi connectivity index (χ0n) is 18.5. The summed E-state index contributed by atoms with van der Waals surface area (Å²) in [6, 6.07) is 7.55. The van der Waals surface area contributed by atoms with Crippen molar-refractivity contribution in [3.8, 4) is 17.2 Å². The summed E-state index contributed by atoms with van der Waals surface area (Å²) in [7, 11) is 3.85. The number of carbonyl (C=O) groups is 2. The maximum absolute atomic E-state index is 13.1. The number of benzene rings is 2. The largest absolute Gasteiger partial charge is 0.493 e. The van der Waals surface area contributed by atoms with E-state index in [1.165, 1.54) is 33.5 Å². The highest BCUT2D eigenvalue weighted by molar-refractivity contribution is 6.11. The van der Waals surface area contributed by atoms with Crippen LogP contribution < -0.4 is 24.8 Å². The monoisotopic (exact) mass is 459 g/mol. The molecule has 1 unspecified atom stereocenters. The van der Waals surface area contributed by atoms with E-state index in [9.17, 15) is 19.7 Å². The molecular weight excluding hydrogens is 434 g/mol. The first kappa shape index (κ1) is 23.8. The molecule has 1 fully saturated rings. The fourth-order valence-corrected chi connectivity index (χ4v) is 3.58. The van der Waals surface area contributed by atoms with Crippen LogP contribution in [0.3, 0.4) is 0 Å². The van der Waals surface area contributed by atoms with Gasteiger partial charge in [0.05, 0.1) is 43.6 Å². The van der Waals surface area contributed by atoms with E-state index in [0.29, 0.717) is 13.2 Å². The van der Waals surface area contributed by atoms with Crippen LogP contribution in [0.4, 0.5) is 11.4 Å². The van der Waals surface area contributed by atoms with Crippen molar-refractivity contribution in [1.82, 2.24) is 5.32 Å². The molecule has 1 atom stereocenters. The minimum atomic E-state index is -0.819. The molecule has 2 N–H and O–H groups in total. The van der Waals surface area contributed by atoms with Crippen molar-refractivity contribution in [2.45, 2.75) is 18.9 Å². The SMILES string of the molecule is COc1cc(C(=O)Nc2ccccc2C(=O)NCC2CCCO2)c([N+](=O)[O-])c(OC)c1OC. The molecule has 0 saturated carbocycles. The van der Waals surface area contributed by atoms with Crippen LogP contribution in [0, 0.1) is 10.1 Å². The number of rotatable bonds is 9. The van der Waals surface area contributed by atoms with Crippen LogP contribution in [0.1, 0.15) is 33.6 Å². The van der Waals surface area contributed by atoms with Crippen LogP contribution in [-0.4, -0.2) is 57.3 Å². The lowest BCUT2D eigenvalue weighted by Gasteiger charge is -2.16. The lowest BCUT2D eigenvalue weighted by Crippen LogP contribution is -2.32. The number of anilines is 1. The van der Waals surface area contributed by atoms with Crippen LogP contribution in [-0.2, 0) is 4.74 Å². The molecule has 0 aliphatic carbocycles. The number of nitro benzene ring substituents is 1. The number of para-hydroxylation sites is 1. The van der Waals surface area contributed by atoms with E-state index in [1.807, 2.05) is 0 Å². The Morgan fingerprint density at radius 1 is 1.09 bits per heavy atom. The van der Waals surface area contributed by atoms with Gasteiger partial charge in [-0.25, -0.2) is 0 Å². The summed E-state index contributed by atoms with van der Waals surface area (Å²) < 4.78 is 21.0. The summed E-state index contributed by atoms with van der Waals surface area (Å²) in [4.78, 5) is 36.9. The van der Waals surface area contributed by atoms with Gasteiger partial charge in [0, 0.05) is 19.2 Å². The number of hydrogen-bond acceptors (Lipinski definition) is 8. The van der Waals surface area contributed by atoms with Crippen LogP contribution in [0.25, 0.3) is 0 Å². The van der Waals surface area contributed by atoms with Crippen molar-refractivity contribution in [1.29, 1.82) is 0 Å². The molecule has 0 aromatic heterocycles. The van der Waals surface area contributed by atoms with Crippen molar-refractivity contribution < 1.29 is 33.5 Å². The molecule has 33 heavy (non-hydrogen) atoms. The fourth-order valence-electron chi connectivity index (χ4n) is 3.58. The minimum Gasteiger partial charge on any atom is -0.493 e. The fraction of sp³-hybridized carbons (Fsp3) is 0.364. The van der Waals surface area contributed by atoms with Gasteiger partial charge in [-0.1, -0.05) is 12.1 Å². The second-order valence-corrected chi connectivity index (χ2v) is 7.14. The van der Waals surface area contributed by atoms with E-state index >= 15 is 0 Å². The number of ether oxygens (including phenoxy) is 4. The lowest BCUT2D eigenvalue weighted by atomic mass is 10.1. The third kappa shape index (κ3) is 5.14. The summed E-state index contributed by atoms with van der Waals surface area (Å²) in [5.74, 6) is -1.42. The van der Waals surface area contributed by atoms with Gasteiger partial charge >= 0.3 is 5.69 Å². The molecule has 1 aliphatic rings. The maximum atomic E-state index is 13.1. The highest BCUT2D eigenvalue weighted by Crippen LogP contribution is 2.46. The molecule has 0 radical (unpaired) electrons. The van der Waals surface area contributed by atoms with Crippen LogP contribution >= 0.6 is 0 Å². The van der Waals surface area contributed by atoms with Crippen molar-refractivity contribution in [3.63, 3.8) is 0 Å². The number of nitrogens with one attached hydrogen (secondary N) is 2. The highest BCUT2D eigenvalue weighted by Gasteiger charge is 2.33. The third-order valence-electron chi connectivity index (χ3n) is 5.17. The molecule has 176 valence electrons. The Balaban J connectivity index is 1.91. The number of carbonyl (C=O) groups excluding carboxylic acids is 2. The first-order valence-corrected chi connectivity index (χ1v) is 10.2. The Labute approximate surface area is 190 Å². The van der Waals surface area contributed by atoms with Gasteiger partial charge in [-0.15, -0.1) is 0 Å². The van der Waals surface area contributed by atoms with Crippen LogP contribution in [0.5, 0.6) is 17.2 Å². The van der Waals surface area contributed by atoms with Crippen molar-refractivity contribution in [3.05, 3.63) is 51.6 Å². The molecule has 1 aliphatic heterocycles. The molecule has 2 amide bonds. The van der Waals surface area contributed by atoms with Gasteiger partial charge in [0.25, 0.3) is 11.8 Å². The van der Waals surface area contributed by atoms with E-state index in [2.05, 4.69) is 10.6 Å². The van der Waals surface area contributed by atoms with E-state index in [0.717, 1.165) is 12.8 Å². The van der Waals surface area contributed by atoms with Gasteiger partial charge in [-0.2, -0.15) is 0 Å². The number of hydrogen-bond donors (Lipinski definition) is 2. The van der Waals surface area contributed by atoms with Gasteiger partial charge in [0.2, 0.25) is 11.5 Å². The highest BCUT2D eigenvalue weighted by atomic mass is 16.6. The number of nitro groups is 1. The van der Waals surface area contributed by atoms with E-state index in [-0.39, 0.29) is 40.2 Å². The molecule has 3 rings (SSSR count). The summed E-state index contributed by atoms with van der Waals surface area (Å²) in [6.07, 6.45) is 1.77. The summed E-state index contributed by atoms with van der Waals surface area (Å²) in [6.45, 7) is 1.01. The number of amides is 2. The lowest BCUT2D eigenvalue weighted by molar-refractivity contribution is -0.386. The van der Waals surface area contributed by atoms with Crippen molar-refractivity contribution in [2.75, 3.05) is 39.8 Å².